The molecule has 0 spiro atoms. The largest absolute Gasteiger partial charge is 0.465 e. The Kier molecular flexibility index (Phi) is 7.77. The van der Waals surface area contributed by atoms with Crippen LogP contribution in [0.3, 0.4) is 0 Å². The summed E-state index contributed by atoms with van der Waals surface area (Å²) in [5.74, 6) is -2.01. The number of hydrogen-bond donors (Lipinski definition) is 2. The molecular formula is C21H23ClN2O6. The number of nitrogens with one attached hydrogen (secondary N) is 2. The van der Waals surface area contributed by atoms with Crippen molar-refractivity contribution < 1.29 is 28.7 Å². The zero-order valence-corrected chi connectivity index (χ0v) is 17.9. The summed E-state index contributed by atoms with van der Waals surface area (Å²) in [6.45, 7) is 4.76. The second-order valence-electron chi connectivity index (χ2n) is 6.63. The van der Waals surface area contributed by atoms with Crippen LogP contribution < -0.4 is 5.32 Å². The Morgan fingerprint density at radius 3 is 2.37 bits per heavy atom. The van der Waals surface area contributed by atoms with Crippen LogP contribution in [0.1, 0.15) is 55.8 Å². The summed E-state index contributed by atoms with van der Waals surface area (Å²) in [5.41, 5.74) is 1.80. The standard InChI is InChI=1S/C21H23ClN2O6/c1-11-17(21(28)29-4)12(2)24-18(11)19(26)13(3)30-16(25)9-10-23-20(27)14-5-7-15(22)8-6-14/h5-8,13,24H,9-10H2,1-4H3,(H,23,27). The number of benzene rings is 1. The topological polar surface area (TPSA) is 115 Å². The number of Topliss-reactive ketones (excluding diaryl/α,β-unsaturated/α-hetero) is 1. The van der Waals surface area contributed by atoms with Gasteiger partial charge < -0.3 is 19.8 Å². The van der Waals surface area contributed by atoms with E-state index in [4.69, 9.17) is 21.1 Å². The first-order valence-corrected chi connectivity index (χ1v) is 9.58. The van der Waals surface area contributed by atoms with E-state index < -0.39 is 23.8 Å². The Morgan fingerprint density at radius 1 is 1.13 bits per heavy atom. The van der Waals surface area contributed by atoms with Crippen molar-refractivity contribution in [2.24, 2.45) is 0 Å². The number of carbonyl (C=O) groups is 4. The van der Waals surface area contributed by atoms with Crippen LogP contribution in [0.15, 0.2) is 24.3 Å². The van der Waals surface area contributed by atoms with Gasteiger partial charge in [-0.1, -0.05) is 11.6 Å². The predicted octanol–water partition coefficient (Wildman–Crippen LogP) is 3.01. The highest BCUT2D eigenvalue weighted by molar-refractivity contribution is 6.30. The average Bonchev–Trinajstić information content (AvgIpc) is 3.01. The molecular weight excluding hydrogens is 412 g/mol. The van der Waals surface area contributed by atoms with Gasteiger partial charge in [-0.2, -0.15) is 0 Å². The summed E-state index contributed by atoms with van der Waals surface area (Å²) in [7, 11) is 1.26. The average molecular weight is 435 g/mol. The number of carbonyl (C=O) groups excluding carboxylic acids is 4. The van der Waals surface area contributed by atoms with Gasteiger partial charge in [0.05, 0.1) is 24.8 Å². The lowest BCUT2D eigenvalue weighted by Crippen LogP contribution is -2.29. The molecule has 0 saturated heterocycles. The molecule has 1 aromatic heterocycles. The lowest BCUT2D eigenvalue weighted by molar-refractivity contribution is -0.146. The third kappa shape index (κ3) is 5.48. The normalized spacial score (nSPS) is 11.5. The van der Waals surface area contributed by atoms with Crippen molar-refractivity contribution in [2.75, 3.05) is 13.7 Å². The van der Waals surface area contributed by atoms with E-state index >= 15 is 0 Å². The number of methoxy groups -OCH3 is 1. The van der Waals surface area contributed by atoms with E-state index in [1.165, 1.54) is 14.0 Å². The monoisotopic (exact) mass is 434 g/mol. The van der Waals surface area contributed by atoms with E-state index in [9.17, 15) is 19.2 Å². The highest BCUT2D eigenvalue weighted by Gasteiger charge is 2.27. The first-order chi connectivity index (χ1) is 14.1. The van der Waals surface area contributed by atoms with E-state index in [0.29, 0.717) is 21.8 Å². The number of halogens is 1. The molecule has 9 heteroatoms. The van der Waals surface area contributed by atoms with Crippen LogP contribution in [0.5, 0.6) is 0 Å². The number of aromatic nitrogens is 1. The zero-order valence-electron chi connectivity index (χ0n) is 17.1. The number of H-pyrrole nitrogens is 1. The minimum absolute atomic E-state index is 0.0499. The summed E-state index contributed by atoms with van der Waals surface area (Å²) < 4.78 is 9.89. The van der Waals surface area contributed by atoms with Crippen molar-refractivity contribution >= 4 is 35.2 Å². The molecule has 0 radical (unpaired) electrons. The van der Waals surface area contributed by atoms with Gasteiger partial charge in [-0.05, 0) is 50.6 Å². The maximum atomic E-state index is 12.6. The highest BCUT2D eigenvalue weighted by Crippen LogP contribution is 2.21. The molecule has 2 N–H and O–H groups in total. The molecule has 1 aromatic carbocycles. The highest BCUT2D eigenvalue weighted by atomic mass is 35.5. The van der Waals surface area contributed by atoms with Gasteiger partial charge >= 0.3 is 11.9 Å². The molecule has 0 saturated carbocycles. The van der Waals surface area contributed by atoms with Gasteiger partial charge in [0.1, 0.15) is 0 Å². The fourth-order valence-corrected chi connectivity index (χ4v) is 3.02. The van der Waals surface area contributed by atoms with E-state index in [2.05, 4.69) is 10.3 Å². The molecule has 0 bridgehead atoms. The van der Waals surface area contributed by atoms with Gasteiger partial charge in [0.15, 0.2) is 6.10 Å². The molecule has 8 nitrogen and oxygen atoms in total. The van der Waals surface area contributed by atoms with E-state index in [0.717, 1.165) is 0 Å². The molecule has 1 unspecified atom stereocenters. The molecule has 1 amide bonds. The van der Waals surface area contributed by atoms with Crippen LogP contribution in [-0.4, -0.2) is 48.4 Å². The molecule has 0 aliphatic carbocycles. The van der Waals surface area contributed by atoms with Crippen molar-refractivity contribution in [1.29, 1.82) is 0 Å². The van der Waals surface area contributed by atoms with Crippen LogP contribution in [0.25, 0.3) is 0 Å². The van der Waals surface area contributed by atoms with Gasteiger partial charge in [0.2, 0.25) is 5.78 Å². The smallest absolute Gasteiger partial charge is 0.339 e. The number of esters is 2. The van der Waals surface area contributed by atoms with Crippen LogP contribution in [0.4, 0.5) is 0 Å². The number of hydrogen-bond acceptors (Lipinski definition) is 6. The molecule has 160 valence electrons. The van der Waals surface area contributed by atoms with Crippen LogP contribution in [0.2, 0.25) is 5.02 Å². The first kappa shape index (κ1) is 23.2. The summed E-state index contributed by atoms with van der Waals surface area (Å²) in [6, 6.07) is 6.32. The lowest BCUT2D eigenvalue weighted by Gasteiger charge is -2.12. The molecule has 2 rings (SSSR count). The number of amides is 1. The Balaban J connectivity index is 1.89. The minimum atomic E-state index is -1.06. The SMILES string of the molecule is COC(=O)c1c(C)[nH]c(C(=O)C(C)OC(=O)CCNC(=O)c2ccc(Cl)cc2)c1C. The lowest BCUT2D eigenvalue weighted by atomic mass is 10.1. The molecule has 0 fully saturated rings. The Bertz CT molecular complexity index is 965. The molecule has 1 atom stereocenters. The van der Waals surface area contributed by atoms with Crippen molar-refractivity contribution in [3.05, 3.63) is 57.4 Å². The number of rotatable bonds is 8. The molecule has 0 aliphatic heterocycles. The van der Waals surface area contributed by atoms with Crippen LogP contribution in [0, 0.1) is 13.8 Å². The predicted molar refractivity (Wildman–Crippen MR) is 110 cm³/mol. The van der Waals surface area contributed by atoms with Crippen molar-refractivity contribution in [2.45, 2.75) is 33.3 Å². The third-order valence-corrected chi connectivity index (χ3v) is 4.72. The molecule has 30 heavy (non-hydrogen) atoms. The fourth-order valence-electron chi connectivity index (χ4n) is 2.90. The second kappa shape index (κ2) is 10.1. The van der Waals surface area contributed by atoms with Crippen LogP contribution >= 0.6 is 11.6 Å². The molecule has 0 aliphatic rings. The quantitative estimate of drug-likeness (QED) is 0.487. The first-order valence-electron chi connectivity index (χ1n) is 9.20. The van der Waals surface area contributed by atoms with Crippen LogP contribution in [-0.2, 0) is 14.3 Å². The Morgan fingerprint density at radius 2 is 1.77 bits per heavy atom. The van der Waals surface area contributed by atoms with E-state index in [-0.39, 0.29) is 30.1 Å². The number of aryl methyl sites for hydroxylation is 1. The van der Waals surface area contributed by atoms with Gasteiger partial charge in [0.25, 0.3) is 5.91 Å². The van der Waals surface area contributed by atoms with Gasteiger partial charge in [0, 0.05) is 22.8 Å². The number of aromatic amines is 1. The van der Waals surface area contributed by atoms with Gasteiger partial charge in [-0.25, -0.2) is 4.79 Å². The summed E-state index contributed by atoms with van der Waals surface area (Å²) in [4.78, 5) is 51.4. The maximum Gasteiger partial charge on any atom is 0.339 e. The van der Waals surface area contributed by atoms with Gasteiger partial charge in [-0.3, -0.25) is 14.4 Å². The summed E-state index contributed by atoms with van der Waals surface area (Å²) in [5, 5.41) is 3.11. The Labute approximate surface area is 178 Å². The minimum Gasteiger partial charge on any atom is -0.465 e. The Hall–Kier alpha value is -3.13. The van der Waals surface area contributed by atoms with Crippen molar-refractivity contribution in [3.63, 3.8) is 0 Å². The van der Waals surface area contributed by atoms with E-state index in [1.54, 1.807) is 38.1 Å². The van der Waals surface area contributed by atoms with Gasteiger partial charge in [-0.15, -0.1) is 0 Å². The van der Waals surface area contributed by atoms with Crippen molar-refractivity contribution in [3.8, 4) is 0 Å². The number of ketones is 1. The maximum absolute atomic E-state index is 12.6. The summed E-state index contributed by atoms with van der Waals surface area (Å²) in [6.07, 6.45) is -1.17. The zero-order chi connectivity index (χ0) is 22.4. The molecule has 2 aromatic rings. The fraction of sp³-hybridized carbons (Fsp3) is 0.333. The second-order valence-corrected chi connectivity index (χ2v) is 7.06. The van der Waals surface area contributed by atoms with E-state index in [1.807, 2.05) is 0 Å². The molecule has 1 heterocycles. The third-order valence-electron chi connectivity index (χ3n) is 4.47. The summed E-state index contributed by atoms with van der Waals surface area (Å²) >= 11 is 5.78. The van der Waals surface area contributed by atoms with Crippen molar-refractivity contribution in [1.82, 2.24) is 10.3 Å². The number of ether oxygens (including phenoxy) is 2.